The fourth-order valence-electron chi connectivity index (χ4n) is 2.78. The normalized spacial score (nSPS) is 16.7. The zero-order valence-electron chi connectivity index (χ0n) is 12.9. The molecule has 1 saturated heterocycles. The number of rotatable bonds is 4. The lowest BCUT2D eigenvalue weighted by Crippen LogP contribution is -2.35. The number of carbonyl (C=O) groups is 1. The van der Waals surface area contributed by atoms with Crippen molar-refractivity contribution in [2.24, 2.45) is 0 Å². The van der Waals surface area contributed by atoms with Crippen LogP contribution in [0.25, 0.3) is 0 Å². The first kappa shape index (κ1) is 15.2. The fourth-order valence-corrected chi connectivity index (χ4v) is 3.51. The zero-order chi connectivity index (χ0) is 15.4. The van der Waals surface area contributed by atoms with Crippen LogP contribution in [0, 0.1) is 0 Å². The maximum Gasteiger partial charge on any atom is 0.270 e. The highest BCUT2D eigenvalue weighted by Crippen LogP contribution is 2.14. The van der Waals surface area contributed by atoms with E-state index >= 15 is 0 Å². The summed E-state index contributed by atoms with van der Waals surface area (Å²) in [5, 5.41) is 3.36. The molecule has 0 unspecified atom stereocenters. The van der Waals surface area contributed by atoms with E-state index in [1.54, 1.807) is 17.5 Å². The van der Waals surface area contributed by atoms with Crippen molar-refractivity contribution in [2.45, 2.75) is 26.3 Å². The van der Waals surface area contributed by atoms with Crippen LogP contribution in [0.2, 0.25) is 0 Å². The van der Waals surface area contributed by atoms with Gasteiger partial charge in [-0.2, -0.15) is 0 Å². The smallest absolute Gasteiger partial charge is 0.270 e. The van der Waals surface area contributed by atoms with Crippen molar-refractivity contribution < 1.29 is 4.79 Å². The molecule has 3 heterocycles. The number of carbonyl (C=O) groups excluding carboxylic acids is 1. The second kappa shape index (κ2) is 7.07. The molecule has 0 bridgehead atoms. The number of nitrogens with one attached hydrogen (secondary N) is 1. The molecule has 2 aromatic rings. The summed E-state index contributed by atoms with van der Waals surface area (Å²) in [5.74, 6) is 0.105. The third-order valence-corrected chi connectivity index (χ3v) is 5.03. The minimum atomic E-state index is 0.105. The molecule has 118 valence electrons. The van der Waals surface area contributed by atoms with Gasteiger partial charge in [0.05, 0.1) is 10.7 Å². The maximum absolute atomic E-state index is 12.4. The SMILES string of the molecule is CCc1nc(CN2CCCN(C(=O)c3ccc[nH]3)CC2)cs1. The fraction of sp³-hybridized carbons (Fsp3) is 0.500. The first-order chi connectivity index (χ1) is 10.8. The summed E-state index contributed by atoms with van der Waals surface area (Å²) in [6.45, 7) is 6.56. The van der Waals surface area contributed by atoms with E-state index in [1.807, 2.05) is 17.0 Å². The van der Waals surface area contributed by atoms with Crippen molar-refractivity contribution in [1.82, 2.24) is 19.8 Å². The van der Waals surface area contributed by atoms with Gasteiger partial charge in [0.2, 0.25) is 0 Å². The van der Waals surface area contributed by atoms with E-state index in [0.717, 1.165) is 51.3 Å². The van der Waals surface area contributed by atoms with Crippen LogP contribution >= 0.6 is 11.3 Å². The Bertz CT molecular complexity index is 607. The van der Waals surface area contributed by atoms with Crippen LogP contribution in [-0.4, -0.2) is 51.9 Å². The second-order valence-electron chi connectivity index (χ2n) is 5.59. The monoisotopic (exact) mass is 318 g/mol. The van der Waals surface area contributed by atoms with E-state index in [1.165, 1.54) is 5.01 Å². The van der Waals surface area contributed by atoms with Crippen LogP contribution in [-0.2, 0) is 13.0 Å². The predicted molar refractivity (Wildman–Crippen MR) is 88.1 cm³/mol. The summed E-state index contributed by atoms with van der Waals surface area (Å²) in [6, 6.07) is 3.71. The number of hydrogen-bond donors (Lipinski definition) is 1. The van der Waals surface area contributed by atoms with E-state index in [0.29, 0.717) is 5.69 Å². The van der Waals surface area contributed by atoms with Gasteiger partial charge in [-0.15, -0.1) is 11.3 Å². The zero-order valence-corrected chi connectivity index (χ0v) is 13.7. The summed E-state index contributed by atoms with van der Waals surface area (Å²) in [6.07, 6.45) is 3.81. The summed E-state index contributed by atoms with van der Waals surface area (Å²) in [5.41, 5.74) is 1.84. The molecule has 1 amide bonds. The molecule has 1 aliphatic rings. The average Bonchev–Trinajstić information content (AvgIpc) is 3.16. The van der Waals surface area contributed by atoms with Crippen LogP contribution in [0.15, 0.2) is 23.7 Å². The Morgan fingerprint density at radius 1 is 1.36 bits per heavy atom. The number of nitrogens with zero attached hydrogens (tertiary/aromatic N) is 3. The number of aromatic nitrogens is 2. The number of aryl methyl sites for hydroxylation is 1. The van der Waals surface area contributed by atoms with Crippen molar-refractivity contribution in [3.05, 3.63) is 40.1 Å². The van der Waals surface area contributed by atoms with Crippen molar-refractivity contribution in [1.29, 1.82) is 0 Å². The lowest BCUT2D eigenvalue weighted by atomic mass is 10.3. The van der Waals surface area contributed by atoms with E-state index < -0.39 is 0 Å². The van der Waals surface area contributed by atoms with Gasteiger partial charge in [0.25, 0.3) is 5.91 Å². The van der Waals surface area contributed by atoms with E-state index in [4.69, 9.17) is 0 Å². The molecule has 1 fully saturated rings. The molecular weight excluding hydrogens is 296 g/mol. The van der Waals surface area contributed by atoms with Crippen LogP contribution in [0.4, 0.5) is 0 Å². The topological polar surface area (TPSA) is 52.2 Å². The molecule has 22 heavy (non-hydrogen) atoms. The number of amides is 1. The summed E-state index contributed by atoms with van der Waals surface area (Å²) < 4.78 is 0. The van der Waals surface area contributed by atoms with Crippen LogP contribution in [0.3, 0.4) is 0 Å². The summed E-state index contributed by atoms with van der Waals surface area (Å²) in [4.78, 5) is 24.4. The maximum atomic E-state index is 12.4. The van der Waals surface area contributed by atoms with Crippen molar-refractivity contribution in [3.8, 4) is 0 Å². The quantitative estimate of drug-likeness (QED) is 0.942. The standard InChI is InChI=1S/C16H22N4OS/c1-2-15-18-13(12-22-15)11-19-7-4-8-20(10-9-19)16(21)14-5-3-6-17-14/h3,5-6,12,17H,2,4,7-11H2,1H3. The molecule has 1 N–H and O–H groups in total. The van der Waals surface area contributed by atoms with Gasteiger partial charge in [0.15, 0.2) is 0 Å². The number of H-pyrrole nitrogens is 1. The highest BCUT2D eigenvalue weighted by atomic mass is 32.1. The molecule has 3 rings (SSSR count). The van der Waals surface area contributed by atoms with Crippen molar-refractivity contribution >= 4 is 17.2 Å². The van der Waals surface area contributed by atoms with Crippen LogP contribution in [0.5, 0.6) is 0 Å². The number of aromatic amines is 1. The lowest BCUT2D eigenvalue weighted by molar-refractivity contribution is 0.0756. The third kappa shape index (κ3) is 3.56. The van der Waals surface area contributed by atoms with E-state index in [2.05, 4.69) is 27.2 Å². The Balaban J connectivity index is 1.56. The first-order valence-electron chi connectivity index (χ1n) is 7.84. The van der Waals surface area contributed by atoms with Crippen LogP contribution < -0.4 is 0 Å². The number of thiazole rings is 1. The molecule has 0 spiro atoms. The third-order valence-electron chi connectivity index (χ3n) is 3.99. The lowest BCUT2D eigenvalue weighted by Gasteiger charge is -2.21. The average molecular weight is 318 g/mol. The van der Waals surface area contributed by atoms with Crippen LogP contribution in [0.1, 0.15) is 34.5 Å². The Hall–Kier alpha value is -1.66. The summed E-state index contributed by atoms with van der Waals surface area (Å²) in [7, 11) is 0. The predicted octanol–water partition coefficient (Wildman–Crippen LogP) is 2.38. The van der Waals surface area contributed by atoms with E-state index in [-0.39, 0.29) is 5.91 Å². The van der Waals surface area contributed by atoms with Crippen molar-refractivity contribution in [2.75, 3.05) is 26.2 Å². The Morgan fingerprint density at radius 3 is 3.00 bits per heavy atom. The minimum absolute atomic E-state index is 0.105. The molecule has 0 aromatic carbocycles. The molecule has 1 aliphatic heterocycles. The van der Waals surface area contributed by atoms with Gasteiger partial charge in [0.1, 0.15) is 5.69 Å². The first-order valence-corrected chi connectivity index (χ1v) is 8.72. The van der Waals surface area contributed by atoms with Crippen molar-refractivity contribution in [3.63, 3.8) is 0 Å². The van der Waals surface area contributed by atoms with Gasteiger partial charge >= 0.3 is 0 Å². The largest absolute Gasteiger partial charge is 0.357 e. The molecule has 0 saturated carbocycles. The highest BCUT2D eigenvalue weighted by molar-refractivity contribution is 7.09. The van der Waals surface area contributed by atoms with Gasteiger partial charge < -0.3 is 9.88 Å². The molecule has 6 heteroatoms. The molecule has 0 atom stereocenters. The van der Waals surface area contributed by atoms with Gasteiger partial charge in [-0.3, -0.25) is 9.69 Å². The van der Waals surface area contributed by atoms with Gasteiger partial charge in [-0.05, 0) is 25.0 Å². The molecule has 0 radical (unpaired) electrons. The van der Waals surface area contributed by atoms with Gasteiger partial charge in [0, 0.05) is 44.3 Å². The van der Waals surface area contributed by atoms with Gasteiger partial charge in [-0.25, -0.2) is 4.98 Å². The minimum Gasteiger partial charge on any atom is -0.357 e. The Morgan fingerprint density at radius 2 is 2.27 bits per heavy atom. The number of hydrogen-bond acceptors (Lipinski definition) is 4. The Kier molecular flexibility index (Phi) is 4.90. The molecule has 2 aromatic heterocycles. The Labute approximate surface area is 135 Å². The molecule has 0 aliphatic carbocycles. The van der Waals surface area contributed by atoms with E-state index in [9.17, 15) is 4.79 Å². The van der Waals surface area contributed by atoms with Gasteiger partial charge in [-0.1, -0.05) is 6.92 Å². The molecular formula is C16H22N4OS. The second-order valence-corrected chi connectivity index (χ2v) is 6.53. The summed E-state index contributed by atoms with van der Waals surface area (Å²) >= 11 is 1.74. The molecule has 5 nitrogen and oxygen atoms in total. The highest BCUT2D eigenvalue weighted by Gasteiger charge is 2.21.